The van der Waals surface area contributed by atoms with E-state index < -0.39 is 0 Å². The molecule has 0 saturated carbocycles. The first kappa shape index (κ1) is 8.08. The minimum atomic E-state index is 0.287. The molecule has 0 radical (unpaired) electrons. The second-order valence-electron chi connectivity index (χ2n) is 2.69. The molecule has 1 rings (SSSR count). The molecule has 0 saturated heterocycles. The molecule has 60 valence electrons. The van der Waals surface area contributed by atoms with E-state index in [-0.39, 0.29) is 5.92 Å². The smallest absolute Gasteiger partial charge is 0.116 e. The van der Waals surface area contributed by atoms with E-state index in [1.165, 1.54) is 0 Å². The highest BCUT2D eigenvalue weighted by molar-refractivity contribution is 5.33. The van der Waals surface area contributed by atoms with Gasteiger partial charge < -0.3 is 10.8 Å². The van der Waals surface area contributed by atoms with Crippen LogP contribution in [-0.4, -0.2) is 11.7 Å². The van der Waals surface area contributed by atoms with Crippen LogP contribution in [0.4, 0.5) is 0 Å². The van der Waals surface area contributed by atoms with Crippen molar-refractivity contribution in [1.29, 1.82) is 0 Å². The zero-order chi connectivity index (χ0) is 8.27. The average molecular weight is 151 g/mol. The van der Waals surface area contributed by atoms with E-state index in [0.717, 1.165) is 5.57 Å². The van der Waals surface area contributed by atoms with Crippen molar-refractivity contribution < 1.29 is 5.11 Å². The summed E-state index contributed by atoms with van der Waals surface area (Å²) in [6, 6.07) is 0. The topological polar surface area (TPSA) is 46.2 Å². The van der Waals surface area contributed by atoms with Crippen LogP contribution in [0.5, 0.6) is 0 Å². The van der Waals surface area contributed by atoms with Gasteiger partial charge in [0.05, 0.1) is 0 Å². The molecule has 0 aromatic rings. The third kappa shape index (κ3) is 1.95. The fourth-order valence-corrected chi connectivity index (χ4v) is 1.02. The lowest BCUT2D eigenvalue weighted by atomic mass is 10.1. The first-order valence-electron chi connectivity index (χ1n) is 3.72. The van der Waals surface area contributed by atoms with Crippen LogP contribution in [-0.2, 0) is 0 Å². The van der Waals surface area contributed by atoms with Gasteiger partial charge in [-0.1, -0.05) is 25.2 Å². The number of aliphatic hydroxyl groups is 1. The van der Waals surface area contributed by atoms with Crippen LogP contribution < -0.4 is 5.73 Å². The highest BCUT2D eigenvalue weighted by Gasteiger charge is 2.04. The van der Waals surface area contributed by atoms with Crippen molar-refractivity contribution in [2.75, 3.05) is 6.54 Å². The summed E-state index contributed by atoms with van der Waals surface area (Å²) in [5.74, 6) is 0.598. The maximum Gasteiger partial charge on any atom is 0.116 e. The minimum Gasteiger partial charge on any atom is -0.508 e. The summed E-state index contributed by atoms with van der Waals surface area (Å²) < 4.78 is 0. The first-order chi connectivity index (χ1) is 5.24. The van der Waals surface area contributed by atoms with E-state index in [9.17, 15) is 5.11 Å². The number of nitrogens with two attached hydrogens (primary N) is 1. The standard InChI is InChI=1S/C9H13NO/c1-7-3-2-4-8(6-10)9(11)5-7/h2-5,7,11H,6,10H2,1H3. The lowest BCUT2D eigenvalue weighted by molar-refractivity contribution is 0.417. The molecule has 1 aliphatic carbocycles. The third-order valence-electron chi connectivity index (χ3n) is 1.68. The van der Waals surface area contributed by atoms with Crippen molar-refractivity contribution in [3.05, 3.63) is 35.6 Å². The highest BCUT2D eigenvalue weighted by Crippen LogP contribution is 2.14. The van der Waals surface area contributed by atoms with E-state index >= 15 is 0 Å². The van der Waals surface area contributed by atoms with Gasteiger partial charge in [-0.3, -0.25) is 0 Å². The van der Waals surface area contributed by atoms with Crippen LogP contribution in [0.15, 0.2) is 35.6 Å². The fourth-order valence-electron chi connectivity index (χ4n) is 1.02. The van der Waals surface area contributed by atoms with Gasteiger partial charge in [0, 0.05) is 12.1 Å². The average Bonchev–Trinajstić information content (AvgIpc) is 2.11. The summed E-state index contributed by atoms with van der Waals surface area (Å²) in [5, 5.41) is 9.39. The molecule has 3 N–H and O–H groups in total. The van der Waals surface area contributed by atoms with Gasteiger partial charge in [-0.15, -0.1) is 0 Å². The summed E-state index contributed by atoms with van der Waals surface area (Å²) in [6.45, 7) is 2.40. The fraction of sp³-hybridized carbons (Fsp3) is 0.333. The number of hydrogen-bond donors (Lipinski definition) is 2. The Hall–Kier alpha value is -1.02. The number of rotatable bonds is 1. The molecule has 0 bridgehead atoms. The molecule has 0 aliphatic heterocycles. The molecule has 0 aromatic heterocycles. The Kier molecular flexibility index (Phi) is 2.49. The van der Waals surface area contributed by atoms with Crippen molar-refractivity contribution in [1.82, 2.24) is 0 Å². The monoisotopic (exact) mass is 151 g/mol. The molecule has 2 nitrogen and oxygen atoms in total. The quantitative estimate of drug-likeness (QED) is 0.596. The molecular formula is C9H13NO. The van der Waals surface area contributed by atoms with E-state index in [0.29, 0.717) is 12.3 Å². The summed E-state index contributed by atoms with van der Waals surface area (Å²) in [7, 11) is 0. The zero-order valence-corrected chi connectivity index (χ0v) is 6.62. The molecule has 2 heteroatoms. The second kappa shape index (κ2) is 3.39. The van der Waals surface area contributed by atoms with Crippen LogP contribution in [0.1, 0.15) is 6.92 Å². The summed E-state index contributed by atoms with van der Waals surface area (Å²) in [5.41, 5.74) is 6.20. The molecule has 0 spiro atoms. The van der Waals surface area contributed by atoms with Crippen LogP contribution in [0.3, 0.4) is 0 Å². The predicted octanol–water partition coefficient (Wildman–Crippen LogP) is 1.52. The van der Waals surface area contributed by atoms with E-state index in [1.807, 2.05) is 25.2 Å². The number of aliphatic hydroxyl groups excluding tert-OH is 1. The highest BCUT2D eigenvalue weighted by atomic mass is 16.3. The van der Waals surface area contributed by atoms with Gasteiger partial charge >= 0.3 is 0 Å². The van der Waals surface area contributed by atoms with Crippen LogP contribution >= 0.6 is 0 Å². The largest absolute Gasteiger partial charge is 0.508 e. The molecule has 1 atom stereocenters. The number of allylic oxidation sites excluding steroid dienone is 4. The van der Waals surface area contributed by atoms with Crippen molar-refractivity contribution in [3.63, 3.8) is 0 Å². The Morgan fingerprint density at radius 3 is 3.00 bits per heavy atom. The lowest BCUT2D eigenvalue weighted by Crippen LogP contribution is -2.05. The molecule has 0 fully saturated rings. The van der Waals surface area contributed by atoms with Gasteiger partial charge in [-0.05, 0) is 12.0 Å². The normalized spacial score (nSPS) is 24.0. The third-order valence-corrected chi connectivity index (χ3v) is 1.68. The minimum absolute atomic E-state index is 0.287. The molecule has 1 aliphatic rings. The SMILES string of the molecule is CC1C=CC=C(CN)C(O)=C1. The van der Waals surface area contributed by atoms with Crippen LogP contribution in [0.25, 0.3) is 0 Å². The number of hydrogen-bond acceptors (Lipinski definition) is 2. The molecule has 0 heterocycles. The molecule has 0 amide bonds. The predicted molar refractivity (Wildman–Crippen MR) is 46.2 cm³/mol. The Morgan fingerprint density at radius 2 is 2.36 bits per heavy atom. The maximum atomic E-state index is 9.39. The van der Waals surface area contributed by atoms with Gasteiger partial charge in [0.25, 0.3) is 0 Å². The van der Waals surface area contributed by atoms with Crippen LogP contribution in [0, 0.1) is 5.92 Å². The summed E-state index contributed by atoms with van der Waals surface area (Å²) >= 11 is 0. The van der Waals surface area contributed by atoms with Crippen molar-refractivity contribution in [3.8, 4) is 0 Å². The van der Waals surface area contributed by atoms with Gasteiger partial charge in [0.15, 0.2) is 0 Å². The Bertz CT molecular complexity index is 226. The van der Waals surface area contributed by atoms with Crippen molar-refractivity contribution in [2.45, 2.75) is 6.92 Å². The van der Waals surface area contributed by atoms with Gasteiger partial charge in [0.1, 0.15) is 5.76 Å². The van der Waals surface area contributed by atoms with Gasteiger partial charge in [-0.2, -0.15) is 0 Å². The zero-order valence-electron chi connectivity index (χ0n) is 6.62. The van der Waals surface area contributed by atoms with Gasteiger partial charge in [0.2, 0.25) is 0 Å². The lowest BCUT2D eigenvalue weighted by Gasteiger charge is -2.01. The van der Waals surface area contributed by atoms with Crippen molar-refractivity contribution >= 4 is 0 Å². The Labute approximate surface area is 66.7 Å². The maximum absolute atomic E-state index is 9.39. The summed E-state index contributed by atoms with van der Waals surface area (Å²) in [4.78, 5) is 0. The van der Waals surface area contributed by atoms with Crippen molar-refractivity contribution in [2.24, 2.45) is 11.7 Å². The van der Waals surface area contributed by atoms with E-state index in [1.54, 1.807) is 6.08 Å². The van der Waals surface area contributed by atoms with Crippen LogP contribution in [0.2, 0.25) is 0 Å². The Balaban J connectivity index is 2.88. The van der Waals surface area contributed by atoms with E-state index in [2.05, 4.69) is 0 Å². The summed E-state index contributed by atoms with van der Waals surface area (Å²) in [6.07, 6.45) is 7.57. The first-order valence-corrected chi connectivity index (χ1v) is 3.72. The molecule has 1 unspecified atom stereocenters. The molecular weight excluding hydrogens is 138 g/mol. The van der Waals surface area contributed by atoms with E-state index in [4.69, 9.17) is 5.73 Å². The van der Waals surface area contributed by atoms with Gasteiger partial charge in [-0.25, -0.2) is 0 Å². The molecule has 0 aromatic carbocycles. The second-order valence-corrected chi connectivity index (χ2v) is 2.69. The Morgan fingerprint density at radius 1 is 1.64 bits per heavy atom. The molecule has 11 heavy (non-hydrogen) atoms.